The number of guanidine groups is 1. The Morgan fingerprint density at radius 1 is 0.963 bits per heavy atom. The molecule has 296 valence electrons. The number of para-hydroxylation sites is 1. The summed E-state index contributed by atoms with van der Waals surface area (Å²) in [4.78, 5) is 31.0. The van der Waals surface area contributed by atoms with Crippen LogP contribution in [0.4, 0.5) is 13.2 Å². The zero-order valence-corrected chi connectivity index (χ0v) is 31.7. The maximum Gasteiger partial charge on any atom is 0.490 e. The average molecular weight is 756 g/mol. The Morgan fingerprint density at radius 3 is 2.26 bits per heavy atom. The highest BCUT2D eigenvalue weighted by Gasteiger charge is 2.38. The molecular weight excluding hydrogens is 699 g/mol. The number of piperidine rings is 1. The lowest BCUT2D eigenvalue weighted by Gasteiger charge is -2.38. The first kappa shape index (κ1) is 43.9. The number of carbonyl (C=O) groups is 2. The summed E-state index contributed by atoms with van der Waals surface area (Å²) in [6.07, 6.45) is 0.908. The van der Waals surface area contributed by atoms with Crippen molar-refractivity contribution in [2.75, 3.05) is 46.5 Å². The highest BCUT2D eigenvalue weighted by molar-refractivity contribution is 5.96. The number of carboxylic acid groups (broad SMARTS) is 1. The lowest BCUT2D eigenvalue weighted by Crippen LogP contribution is -2.44. The second kappa shape index (κ2) is 23.4. The average Bonchev–Trinajstić information content (AvgIpc) is 3.16. The van der Waals surface area contributed by atoms with Crippen molar-refractivity contribution in [1.29, 1.82) is 0 Å². The van der Waals surface area contributed by atoms with E-state index in [4.69, 9.17) is 25.1 Å². The molecule has 4 N–H and O–H groups in total. The van der Waals surface area contributed by atoms with Crippen LogP contribution in [0.25, 0.3) is 11.1 Å². The number of hydrogen-bond acceptors (Lipinski definition) is 7. The molecule has 4 rings (SSSR count). The molecule has 0 unspecified atom stereocenters. The first-order valence-corrected chi connectivity index (χ1v) is 18.7. The topological polar surface area (TPSA) is 130 Å². The number of hydrogen-bond donors (Lipinski definition) is 3. The highest BCUT2D eigenvalue weighted by atomic mass is 19.4. The van der Waals surface area contributed by atoms with Crippen LogP contribution in [-0.2, 0) is 33.8 Å². The summed E-state index contributed by atoms with van der Waals surface area (Å²) in [6.45, 7) is 11.5. The van der Waals surface area contributed by atoms with Crippen LogP contribution in [0.2, 0.25) is 0 Å². The van der Waals surface area contributed by atoms with Crippen LogP contribution in [0.15, 0.2) is 77.8 Å². The fourth-order valence-corrected chi connectivity index (χ4v) is 6.22. The molecular formula is C41H56F3N5O5. The van der Waals surface area contributed by atoms with Crippen LogP contribution in [0, 0.1) is 0 Å². The highest BCUT2D eigenvalue weighted by Crippen LogP contribution is 2.35. The lowest BCUT2D eigenvalue weighted by atomic mass is 9.97. The predicted octanol–water partition coefficient (Wildman–Crippen LogP) is 7.05. The molecule has 1 aliphatic heterocycles. The van der Waals surface area contributed by atoms with Crippen LogP contribution < -0.4 is 15.8 Å². The van der Waals surface area contributed by atoms with Gasteiger partial charge in [0.05, 0.1) is 6.61 Å². The maximum atomic E-state index is 12.6. The largest absolute Gasteiger partial charge is 0.493 e. The number of nitrogens with zero attached hydrogens (tertiary/aromatic N) is 3. The number of aliphatic imine (C=N–C) groups is 1. The minimum Gasteiger partial charge on any atom is -0.493 e. The third-order valence-corrected chi connectivity index (χ3v) is 9.14. The summed E-state index contributed by atoms with van der Waals surface area (Å²) in [7, 11) is 1.70. The number of likely N-dealkylation sites (tertiary alicyclic amines) is 1. The predicted molar refractivity (Wildman–Crippen MR) is 206 cm³/mol. The Balaban J connectivity index is 0.00000102. The summed E-state index contributed by atoms with van der Waals surface area (Å²) in [5.74, 6) is -1.89. The molecule has 54 heavy (non-hydrogen) atoms. The van der Waals surface area contributed by atoms with Crippen LogP contribution >= 0.6 is 0 Å². The number of benzene rings is 3. The molecule has 13 heteroatoms. The van der Waals surface area contributed by atoms with Gasteiger partial charge >= 0.3 is 12.1 Å². The van der Waals surface area contributed by atoms with Gasteiger partial charge in [0.15, 0.2) is 5.96 Å². The summed E-state index contributed by atoms with van der Waals surface area (Å²) >= 11 is 0. The van der Waals surface area contributed by atoms with Crippen molar-refractivity contribution in [3.8, 4) is 16.9 Å². The van der Waals surface area contributed by atoms with E-state index in [-0.39, 0.29) is 11.9 Å². The van der Waals surface area contributed by atoms with E-state index in [9.17, 15) is 18.0 Å². The molecule has 0 bridgehead atoms. The summed E-state index contributed by atoms with van der Waals surface area (Å²) in [5, 5.41) is 9.84. The van der Waals surface area contributed by atoms with Crippen LogP contribution in [-0.4, -0.2) is 91.5 Å². The van der Waals surface area contributed by atoms with Crippen LogP contribution in [0.1, 0.15) is 69.1 Å². The van der Waals surface area contributed by atoms with E-state index in [1.807, 2.05) is 12.1 Å². The number of aryl methyl sites for hydroxylation is 1. The number of halogens is 3. The number of carboxylic acids is 1. The lowest BCUT2D eigenvalue weighted by molar-refractivity contribution is -0.192. The van der Waals surface area contributed by atoms with Crippen molar-refractivity contribution in [3.63, 3.8) is 0 Å². The molecule has 1 fully saturated rings. The van der Waals surface area contributed by atoms with Crippen LogP contribution in [0.3, 0.4) is 0 Å². The van der Waals surface area contributed by atoms with Gasteiger partial charge in [0.2, 0.25) is 5.91 Å². The number of amides is 1. The van der Waals surface area contributed by atoms with Crippen LogP contribution in [0.5, 0.6) is 5.75 Å². The minimum atomic E-state index is -5.08. The fraction of sp³-hybridized carbons (Fsp3) is 0.488. The van der Waals surface area contributed by atoms with Crippen molar-refractivity contribution in [1.82, 2.24) is 15.1 Å². The smallest absolute Gasteiger partial charge is 0.490 e. The Bertz CT molecular complexity index is 1580. The number of nitrogens with one attached hydrogen (secondary N) is 1. The van der Waals surface area contributed by atoms with Gasteiger partial charge in [0.25, 0.3) is 0 Å². The van der Waals surface area contributed by atoms with Crippen molar-refractivity contribution in [2.24, 2.45) is 10.7 Å². The zero-order chi connectivity index (χ0) is 39.3. The third kappa shape index (κ3) is 15.5. The second-order valence-corrected chi connectivity index (χ2v) is 13.2. The first-order chi connectivity index (χ1) is 25.9. The number of ether oxygens (including phenoxy) is 2. The van der Waals surface area contributed by atoms with E-state index in [0.717, 1.165) is 74.4 Å². The normalized spacial score (nSPS) is 14.0. The van der Waals surface area contributed by atoms with Gasteiger partial charge in [-0.3, -0.25) is 24.9 Å². The van der Waals surface area contributed by atoms with Crippen molar-refractivity contribution < 1.29 is 37.3 Å². The Labute approximate surface area is 317 Å². The van der Waals surface area contributed by atoms with E-state index in [2.05, 4.69) is 94.6 Å². The number of nitrogens with two attached hydrogens (primary N) is 1. The molecule has 0 atom stereocenters. The first-order valence-electron chi connectivity index (χ1n) is 18.7. The molecule has 10 nitrogen and oxygen atoms in total. The van der Waals surface area contributed by atoms with Gasteiger partial charge < -0.3 is 20.3 Å². The fourth-order valence-electron chi connectivity index (χ4n) is 6.22. The number of rotatable bonds is 18. The van der Waals surface area contributed by atoms with Crippen molar-refractivity contribution in [3.05, 3.63) is 89.5 Å². The molecule has 0 radical (unpaired) electrons. The van der Waals surface area contributed by atoms with Gasteiger partial charge in [-0.2, -0.15) is 13.2 Å². The maximum absolute atomic E-state index is 12.6. The molecule has 1 saturated heterocycles. The summed E-state index contributed by atoms with van der Waals surface area (Å²) < 4.78 is 43.3. The second-order valence-electron chi connectivity index (χ2n) is 13.2. The molecule has 3 aromatic rings. The van der Waals surface area contributed by atoms with Crippen molar-refractivity contribution in [2.45, 2.75) is 84.1 Å². The standard InChI is InChI=1S/C39H55N5O3.C2HF3O2/c1-4-6-24-41-39(40)42-37(45)21-20-34-14-10-15-36(38(34)47-28-11-27-46-3)33-18-16-32(17-19-33)29-43-25-22-35(23-26-43)44(5-2)30-31-12-8-7-9-13-31;3-2(4,5)1(6)7/h7-10,12-19,35H,4-6,11,20-30H2,1-3H3,(H3,40,41,42,45);(H,6,7). The number of unbranched alkanes of at least 4 members (excludes halogenated alkanes) is 1. The van der Waals surface area contributed by atoms with Gasteiger partial charge in [-0.15, -0.1) is 0 Å². The van der Waals surface area contributed by atoms with Gasteiger partial charge in [-0.05, 0) is 67.6 Å². The zero-order valence-electron chi connectivity index (χ0n) is 31.7. The quantitative estimate of drug-likeness (QED) is 0.0716. The van der Waals surface area contributed by atoms with Crippen molar-refractivity contribution >= 4 is 17.8 Å². The van der Waals surface area contributed by atoms with E-state index < -0.39 is 12.1 Å². The van der Waals surface area contributed by atoms with E-state index >= 15 is 0 Å². The molecule has 1 amide bonds. The molecule has 1 heterocycles. The number of aliphatic carboxylic acids is 1. The van der Waals surface area contributed by atoms with E-state index in [1.54, 1.807) is 7.11 Å². The Kier molecular flexibility index (Phi) is 19.0. The Hall–Kier alpha value is -4.46. The van der Waals surface area contributed by atoms with Gasteiger partial charge in [-0.1, -0.05) is 93.1 Å². The summed E-state index contributed by atoms with van der Waals surface area (Å²) in [6, 6.07) is 26.5. The molecule has 0 aromatic heterocycles. The molecule has 0 aliphatic carbocycles. The van der Waals surface area contributed by atoms with Gasteiger partial charge in [0, 0.05) is 57.8 Å². The summed E-state index contributed by atoms with van der Waals surface area (Å²) in [5.41, 5.74) is 11.8. The number of carbonyl (C=O) groups excluding carboxylic acids is 1. The number of methoxy groups -OCH3 is 1. The molecule has 0 spiro atoms. The Morgan fingerprint density at radius 2 is 1.65 bits per heavy atom. The monoisotopic (exact) mass is 755 g/mol. The SMILES string of the molecule is CCCCN=C(N)NC(=O)CCc1cccc(-c2ccc(CN3CCC(N(CC)Cc4ccccc4)CC3)cc2)c1OCCCOC.O=C(O)C(F)(F)F. The molecule has 0 saturated carbocycles. The van der Waals surface area contributed by atoms with E-state index in [1.165, 1.54) is 24.0 Å². The van der Waals surface area contributed by atoms with E-state index in [0.29, 0.717) is 38.6 Å². The van der Waals surface area contributed by atoms with Gasteiger partial charge in [0.1, 0.15) is 5.75 Å². The number of alkyl halides is 3. The minimum absolute atomic E-state index is 0.148. The molecule has 3 aromatic carbocycles. The molecule has 1 aliphatic rings. The van der Waals surface area contributed by atoms with Gasteiger partial charge in [-0.25, -0.2) is 4.79 Å². The third-order valence-electron chi connectivity index (χ3n) is 9.14.